The summed E-state index contributed by atoms with van der Waals surface area (Å²) in [6.45, 7) is 2.01. The summed E-state index contributed by atoms with van der Waals surface area (Å²) in [7, 11) is 3.14. The van der Waals surface area contributed by atoms with Gasteiger partial charge in [-0.1, -0.05) is 47.7 Å². The minimum absolute atomic E-state index is 0.0970. The van der Waals surface area contributed by atoms with E-state index in [4.69, 9.17) is 28.7 Å². The second-order valence-electron chi connectivity index (χ2n) is 9.15. The Balaban J connectivity index is 1.65. The maximum Gasteiger partial charge on any atom is 0.338 e. The third-order valence-corrected chi connectivity index (χ3v) is 7.79. The van der Waals surface area contributed by atoms with Gasteiger partial charge in [-0.05, 0) is 48.9 Å². The minimum atomic E-state index is -0.829. The number of carbonyl (C=O) groups excluding carboxylic acids is 1. The van der Waals surface area contributed by atoms with Crippen LogP contribution in [0, 0.1) is 0 Å². The Kier molecular flexibility index (Phi) is 7.07. The molecule has 3 aromatic carbocycles. The Hall–Kier alpha value is -4.83. The molecule has 4 aromatic rings. The van der Waals surface area contributed by atoms with Crippen LogP contribution in [0.5, 0.6) is 23.0 Å². The van der Waals surface area contributed by atoms with Crippen molar-refractivity contribution < 1.29 is 28.5 Å². The summed E-state index contributed by atoms with van der Waals surface area (Å²) in [5, 5.41) is 0. The molecule has 0 amide bonds. The molecule has 41 heavy (non-hydrogen) atoms. The van der Waals surface area contributed by atoms with Crippen molar-refractivity contribution in [2.45, 2.75) is 13.0 Å². The second kappa shape index (κ2) is 11.0. The number of methoxy groups -OCH3 is 2. The van der Waals surface area contributed by atoms with Crippen molar-refractivity contribution >= 4 is 29.1 Å². The van der Waals surface area contributed by atoms with Crippen molar-refractivity contribution in [3.05, 3.63) is 109 Å². The maximum atomic E-state index is 14.1. The molecule has 0 saturated heterocycles. The first kappa shape index (κ1) is 26.4. The van der Waals surface area contributed by atoms with Gasteiger partial charge in [0.1, 0.15) is 11.5 Å². The second-order valence-corrected chi connectivity index (χ2v) is 10.2. The molecule has 1 unspecified atom stereocenters. The van der Waals surface area contributed by atoms with E-state index in [2.05, 4.69) is 0 Å². The highest BCUT2D eigenvalue weighted by Crippen LogP contribution is 2.40. The molecule has 0 radical (unpaired) electrons. The zero-order valence-corrected chi connectivity index (χ0v) is 23.4. The van der Waals surface area contributed by atoms with Gasteiger partial charge in [-0.15, -0.1) is 0 Å². The van der Waals surface area contributed by atoms with E-state index in [-0.39, 0.29) is 24.5 Å². The summed E-state index contributed by atoms with van der Waals surface area (Å²) in [6.07, 6.45) is 1.75. The van der Waals surface area contributed by atoms with Gasteiger partial charge >= 0.3 is 5.97 Å². The summed E-state index contributed by atoms with van der Waals surface area (Å²) in [5.41, 5.74) is 2.45. The van der Waals surface area contributed by atoms with E-state index in [9.17, 15) is 9.59 Å². The number of benzene rings is 3. The molecule has 3 heterocycles. The van der Waals surface area contributed by atoms with Gasteiger partial charge in [0.15, 0.2) is 16.3 Å². The number of carbonyl (C=O) groups is 1. The third-order valence-electron chi connectivity index (χ3n) is 6.81. The molecule has 9 nitrogen and oxygen atoms in total. The summed E-state index contributed by atoms with van der Waals surface area (Å²) in [4.78, 5) is 33.1. The molecule has 0 saturated carbocycles. The molecule has 1 atom stereocenters. The van der Waals surface area contributed by atoms with E-state index < -0.39 is 12.0 Å². The monoisotopic (exact) mass is 570 g/mol. The molecule has 1 aromatic heterocycles. The van der Waals surface area contributed by atoms with Gasteiger partial charge in [0.25, 0.3) is 5.56 Å². The first-order chi connectivity index (χ1) is 20.0. The number of rotatable bonds is 7. The number of esters is 1. The van der Waals surface area contributed by atoms with Crippen molar-refractivity contribution in [3.8, 4) is 23.0 Å². The van der Waals surface area contributed by atoms with E-state index in [1.807, 2.05) is 36.4 Å². The molecule has 0 spiro atoms. The number of aromatic nitrogens is 1. The highest BCUT2D eigenvalue weighted by Gasteiger charge is 2.36. The molecule has 0 aliphatic carbocycles. The van der Waals surface area contributed by atoms with E-state index in [1.165, 1.54) is 11.3 Å². The van der Waals surface area contributed by atoms with Gasteiger partial charge in [0, 0.05) is 11.1 Å². The van der Waals surface area contributed by atoms with E-state index in [0.717, 1.165) is 5.56 Å². The van der Waals surface area contributed by atoms with Crippen molar-refractivity contribution in [1.82, 2.24) is 4.57 Å². The third kappa shape index (κ3) is 4.76. The van der Waals surface area contributed by atoms with Crippen molar-refractivity contribution in [3.63, 3.8) is 0 Å². The average molecular weight is 571 g/mol. The molecule has 0 N–H and O–H groups in total. The van der Waals surface area contributed by atoms with Gasteiger partial charge in [-0.25, -0.2) is 9.79 Å². The molecule has 10 heteroatoms. The lowest BCUT2D eigenvalue weighted by Crippen LogP contribution is -2.40. The molecule has 208 valence electrons. The smallest absolute Gasteiger partial charge is 0.338 e. The number of ether oxygens (including phenoxy) is 5. The largest absolute Gasteiger partial charge is 0.497 e. The topological polar surface area (TPSA) is 97.6 Å². The first-order valence-corrected chi connectivity index (χ1v) is 13.7. The Morgan fingerprint density at radius 3 is 2.61 bits per heavy atom. The van der Waals surface area contributed by atoms with Crippen LogP contribution in [0.15, 0.2) is 82.1 Å². The fourth-order valence-corrected chi connectivity index (χ4v) is 5.92. The quantitative estimate of drug-likeness (QED) is 0.313. The highest BCUT2D eigenvalue weighted by atomic mass is 32.1. The van der Waals surface area contributed by atoms with Crippen LogP contribution >= 0.6 is 11.3 Å². The van der Waals surface area contributed by atoms with Crippen molar-refractivity contribution in [2.75, 3.05) is 27.6 Å². The van der Waals surface area contributed by atoms with Gasteiger partial charge in [-0.2, -0.15) is 0 Å². The van der Waals surface area contributed by atoms with Crippen LogP contribution < -0.4 is 33.8 Å². The van der Waals surface area contributed by atoms with Gasteiger partial charge in [0.2, 0.25) is 6.79 Å². The van der Waals surface area contributed by atoms with E-state index in [1.54, 1.807) is 62.1 Å². The summed E-state index contributed by atoms with van der Waals surface area (Å²) >= 11 is 1.23. The van der Waals surface area contributed by atoms with Crippen molar-refractivity contribution in [2.24, 2.45) is 4.99 Å². The number of thiazole rings is 1. The lowest BCUT2D eigenvalue weighted by molar-refractivity contribution is -0.138. The molecular formula is C31H26N2O7S. The van der Waals surface area contributed by atoms with E-state index in [0.29, 0.717) is 49.2 Å². The normalized spacial score (nSPS) is 15.8. The van der Waals surface area contributed by atoms with Gasteiger partial charge < -0.3 is 23.7 Å². The van der Waals surface area contributed by atoms with Gasteiger partial charge in [-0.3, -0.25) is 9.36 Å². The van der Waals surface area contributed by atoms with Crippen LogP contribution in [0.3, 0.4) is 0 Å². The van der Waals surface area contributed by atoms with Crippen LogP contribution in [0.25, 0.3) is 11.8 Å². The fraction of sp³-hybridized carbons (Fsp3) is 0.194. The maximum absolute atomic E-state index is 14.1. The average Bonchev–Trinajstić information content (AvgIpc) is 3.60. The van der Waals surface area contributed by atoms with Gasteiger partial charge in [0.05, 0.1) is 42.7 Å². The summed E-state index contributed by atoms with van der Waals surface area (Å²) in [6, 6.07) is 19.3. The Labute approximate surface area is 239 Å². The predicted octanol–water partition coefficient (Wildman–Crippen LogP) is 3.68. The SMILES string of the molecule is CCOC(=O)C1=C(c2ccccc2)N=c2sc(=Cc3cc(OC)ccc3OC)c(=O)n2C1c1ccc2c(c1)OCO2. The fourth-order valence-electron chi connectivity index (χ4n) is 4.93. The number of hydrogen-bond donors (Lipinski definition) is 0. The Morgan fingerprint density at radius 2 is 1.85 bits per heavy atom. The zero-order chi connectivity index (χ0) is 28.5. The van der Waals surface area contributed by atoms with Crippen molar-refractivity contribution in [1.29, 1.82) is 0 Å². The molecule has 0 fully saturated rings. The van der Waals surface area contributed by atoms with Crippen LogP contribution in [-0.4, -0.2) is 38.2 Å². The first-order valence-electron chi connectivity index (χ1n) is 12.9. The van der Waals surface area contributed by atoms with E-state index >= 15 is 0 Å². The van der Waals surface area contributed by atoms with Crippen LogP contribution in [0.4, 0.5) is 0 Å². The molecule has 2 aliphatic rings. The Morgan fingerprint density at radius 1 is 1.05 bits per heavy atom. The molecule has 2 aliphatic heterocycles. The van der Waals surface area contributed by atoms with Crippen LogP contribution in [-0.2, 0) is 9.53 Å². The lowest BCUT2D eigenvalue weighted by Gasteiger charge is -2.26. The molecule has 6 rings (SSSR count). The standard InChI is InChI=1S/C31H26N2O7S/c1-4-38-30(35)26-27(18-8-6-5-7-9-18)32-31-33(28(26)19-10-12-23-24(15-19)40-17-39-23)29(34)25(41-31)16-20-14-21(36-2)11-13-22(20)37-3/h5-16,28H,4,17H2,1-3H3. The number of hydrogen-bond acceptors (Lipinski definition) is 9. The predicted molar refractivity (Wildman–Crippen MR) is 153 cm³/mol. The Bertz CT molecular complexity index is 1860. The molecular weight excluding hydrogens is 544 g/mol. The minimum Gasteiger partial charge on any atom is -0.497 e. The van der Waals surface area contributed by atoms with Crippen LogP contribution in [0.1, 0.15) is 29.7 Å². The highest BCUT2D eigenvalue weighted by molar-refractivity contribution is 7.07. The number of nitrogens with zero attached hydrogens (tertiary/aromatic N) is 2. The molecule has 0 bridgehead atoms. The number of fused-ring (bicyclic) bond motifs is 2. The van der Waals surface area contributed by atoms with Crippen LogP contribution in [0.2, 0.25) is 0 Å². The zero-order valence-electron chi connectivity index (χ0n) is 22.6. The lowest BCUT2D eigenvalue weighted by atomic mass is 9.93. The summed E-state index contributed by atoms with van der Waals surface area (Å²) in [5.74, 6) is 1.78. The summed E-state index contributed by atoms with van der Waals surface area (Å²) < 4.78 is 29.6.